The molecule has 0 saturated heterocycles. The molecule has 0 aromatic heterocycles. The Labute approximate surface area is 89.2 Å². The van der Waals surface area contributed by atoms with Crippen LogP contribution in [0.5, 0.6) is 0 Å². The molecule has 1 heterocycles. The van der Waals surface area contributed by atoms with Crippen molar-refractivity contribution in [3.63, 3.8) is 0 Å². The van der Waals surface area contributed by atoms with Gasteiger partial charge in [0.25, 0.3) is 0 Å². The molecule has 1 aliphatic heterocycles. The number of benzene rings is 1. The first kappa shape index (κ1) is 9.72. The van der Waals surface area contributed by atoms with Gasteiger partial charge in [0.2, 0.25) is 0 Å². The van der Waals surface area contributed by atoms with Gasteiger partial charge in [-0.1, -0.05) is 36.3 Å². The van der Waals surface area contributed by atoms with Crippen molar-refractivity contribution in [1.29, 1.82) is 0 Å². The molecule has 1 aromatic carbocycles. The molecule has 1 unspecified atom stereocenters. The normalized spacial score (nSPS) is 19.2. The molecule has 0 aliphatic carbocycles. The van der Waals surface area contributed by atoms with Crippen LogP contribution < -0.4 is 0 Å². The van der Waals surface area contributed by atoms with Crippen molar-refractivity contribution < 1.29 is 4.84 Å². The molecule has 3 heteroatoms. The fraction of sp³-hybridized carbons (Fsp3) is 0.333. The summed E-state index contributed by atoms with van der Waals surface area (Å²) in [5.41, 5.74) is 2.86. The highest BCUT2D eigenvalue weighted by Gasteiger charge is 2.21. The van der Waals surface area contributed by atoms with E-state index in [9.17, 15) is 0 Å². The van der Waals surface area contributed by atoms with E-state index in [0.717, 1.165) is 24.1 Å². The summed E-state index contributed by atoms with van der Waals surface area (Å²) in [7, 11) is 0. The van der Waals surface area contributed by atoms with Crippen molar-refractivity contribution >= 4 is 11.4 Å². The second-order valence-electron chi connectivity index (χ2n) is 3.51. The third-order valence-corrected chi connectivity index (χ3v) is 2.53. The van der Waals surface area contributed by atoms with E-state index in [1.165, 1.54) is 0 Å². The molecule has 1 atom stereocenters. The molecule has 3 nitrogen and oxygen atoms in total. The van der Waals surface area contributed by atoms with E-state index in [1.54, 1.807) is 0 Å². The van der Waals surface area contributed by atoms with E-state index in [0.29, 0.717) is 5.69 Å². The molecule has 0 fully saturated rings. The van der Waals surface area contributed by atoms with Crippen LogP contribution in [0, 0.1) is 6.57 Å². The largest absolute Gasteiger partial charge is 0.387 e. The third-order valence-electron chi connectivity index (χ3n) is 2.53. The first-order chi connectivity index (χ1) is 7.33. The highest BCUT2D eigenvalue weighted by molar-refractivity contribution is 5.85. The summed E-state index contributed by atoms with van der Waals surface area (Å²) in [6, 6.07) is 7.50. The molecule has 0 bridgehead atoms. The Morgan fingerprint density at radius 2 is 2.20 bits per heavy atom. The zero-order chi connectivity index (χ0) is 10.7. The lowest BCUT2D eigenvalue weighted by Crippen LogP contribution is -1.98. The minimum absolute atomic E-state index is 0.0414. The zero-order valence-electron chi connectivity index (χ0n) is 8.60. The molecule has 2 rings (SSSR count). The summed E-state index contributed by atoms with van der Waals surface area (Å²) in [6.45, 7) is 8.93. The molecule has 0 amide bonds. The fourth-order valence-corrected chi connectivity index (χ4v) is 1.58. The summed E-state index contributed by atoms with van der Waals surface area (Å²) in [5.74, 6) is 0. The highest BCUT2D eigenvalue weighted by atomic mass is 16.6. The summed E-state index contributed by atoms with van der Waals surface area (Å²) in [4.78, 5) is 8.68. The molecule has 0 spiro atoms. The molecule has 0 N–H and O–H groups in total. The van der Waals surface area contributed by atoms with Gasteiger partial charge in [0, 0.05) is 6.42 Å². The second-order valence-corrected chi connectivity index (χ2v) is 3.51. The van der Waals surface area contributed by atoms with Crippen LogP contribution in [0.3, 0.4) is 0 Å². The number of hydrogen-bond acceptors (Lipinski definition) is 2. The van der Waals surface area contributed by atoms with Crippen LogP contribution in [-0.2, 0) is 4.84 Å². The molecule has 76 valence electrons. The quantitative estimate of drug-likeness (QED) is 0.671. The van der Waals surface area contributed by atoms with Gasteiger partial charge in [-0.2, -0.15) is 0 Å². The Morgan fingerprint density at radius 3 is 2.73 bits per heavy atom. The average molecular weight is 200 g/mol. The Hall–Kier alpha value is -1.82. The molecular weight excluding hydrogens is 188 g/mol. The van der Waals surface area contributed by atoms with Crippen molar-refractivity contribution in [3.05, 3.63) is 41.2 Å². The van der Waals surface area contributed by atoms with Gasteiger partial charge in [-0.05, 0) is 12.0 Å². The topological polar surface area (TPSA) is 25.9 Å². The average Bonchev–Trinajstić information content (AvgIpc) is 2.78. The summed E-state index contributed by atoms with van der Waals surface area (Å²) in [5, 5.41) is 4.01. The predicted octanol–water partition coefficient (Wildman–Crippen LogP) is 3.46. The maximum Gasteiger partial charge on any atom is 0.187 e. The lowest BCUT2D eigenvalue weighted by Gasteiger charge is -2.07. The van der Waals surface area contributed by atoms with Crippen molar-refractivity contribution in [1.82, 2.24) is 0 Å². The molecule has 0 saturated carbocycles. The van der Waals surface area contributed by atoms with E-state index < -0.39 is 0 Å². The predicted molar refractivity (Wildman–Crippen MR) is 58.9 cm³/mol. The van der Waals surface area contributed by atoms with Gasteiger partial charge >= 0.3 is 0 Å². The molecule has 1 aromatic rings. The SMILES string of the molecule is [C-]#[N+]c1ccc(C2CC(CC)=NO2)cc1. The van der Waals surface area contributed by atoms with Gasteiger partial charge in [-0.15, -0.1) is 0 Å². The van der Waals surface area contributed by atoms with Crippen LogP contribution in [0.2, 0.25) is 0 Å². The van der Waals surface area contributed by atoms with Gasteiger partial charge in [-0.25, -0.2) is 4.85 Å². The number of hydrogen-bond donors (Lipinski definition) is 0. The van der Waals surface area contributed by atoms with E-state index in [-0.39, 0.29) is 6.10 Å². The highest BCUT2D eigenvalue weighted by Crippen LogP contribution is 2.29. The lowest BCUT2D eigenvalue weighted by atomic mass is 10.0. The lowest BCUT2D eigenvalue weighted by molar-refractivity contribution is 0.0857. The third kappa shape index (κ3) is 1.99. The van der Waals surface area contributed by atoms with E-state index in [4.69, 9.17) is 11.4 Å². The first-order valence-corrected chi connectivity index (χ1v) is 5.02. The number of rotatable bonds is 2. The van der Waals surface area contributed by atoms with Gasteiger partial charge < -0.3 is 4.84 Å². The maximum absolute atomic E-state index is 6.86. The molecule has 0 radical (unpaired) electrons. The standard InChI is InChI=1S/C12H12N2O/c1-3-10-8-12(15-14-10)9-4-6-11(13-2)7-5-9/h4-7,12H,3,8H2,1H3. The van der Waals surface area contributed by atoms with Gasteiger partial charge in [0.15, 0.2) is 11.8 Å². The Bertz CT molecular complexity index is 414. The van der Waals surface area contributed by atoms with E-state index in [2.05, 4.69) is 16.9 Å². The van der Waals surface area contributed by atoms with Crippen molar-refractivity contribution in [2.45, 2.75) is 25.9 Å². The summed E-state index contributed by atoms with van der Waals surface area (Å²) in [6.07, 6.45) is 1.85. The first-order valence-electron chi connectivity index (χ1n) is 5.02. The van der Waals surface area contributed by atoms with Crippen molar-refractivity contribution in [2.75, 3.05) is 0 Å². The van der Waals surface area contributed by atoms with E-state index in [1.807, 2.05) is 24.3 Å². The summed E-state index contributed by atoms with van der Waals surface area (Å²) >= 11 is 0. The van der Waals surface area contributed by atoms with Gasteiger partial charge in [0.1, 0.15) is 0 Å². The monoisotopic (exact) mass is 200 g/mol. The minimum atomic E-state index is 0.0414. The van der Waals surface area contributed by atoms with Crippen LogP contribution in [0.25, 0.3) is 4.85 Å². The Balaban J connectivity index is 2.10. The molecule has 15 heavy (non-hydrogen) atoms. The van der Waals surface area contributed by atoms with Crippen molar-refractivity contribution in [2.24, 2.45) is 5.16 Å². The maximum atomic E-state index is 6.86. The Morgan fingerprint density at radius 1 is 1.47 bits per heavy atom. The van der Waals surface area contributed by atoms with Crippen LogP contribution in [-0.4, -0.2) is 5.71 Å². The molecule has 1 aliphatic rings. The smallest absolute Gasteiger partial charge is 0.187 e. The van der Waals surface area contributed by atoms with Crippen LogP contribution in [0.1, 0.15) is 31.4 Å². The molecular formula is C12H12N2O. The number of oxime groups is 1. The van der Waals surface area contributed by atoms with Gasteiger partial charge in [0.05, 0.1) is 12.3 Å². The van der Waals surface area contributed by atoms with E-state index >= 15 is 0 Å². The van der Waals surface area contributed by atoms with Crippen molar-refractivity contribution in [3.8, 4) is 0 Å². The van der Waals surface area contributed by atoms with Crippen LogP contribution >= 0.6 is 0 Å². The van der Waals surface area contributed by atoms with Crippen LogP contribution in [0.15, 0.2) is 29.4 Å². The zero-order valence-corrected chi connectivity index (χ0v) is 8.60. The Kier molecular flexibility index (Phi) is 2.68. The van der Waals surface area contributed by atoms with Crippen LogP contribution in [0.4, 0.5) is 5.69 Å². The number of nitrogens with zero attached hydrogens (tertiary/aromatic N) is 2. The van der Waals surface area contributed by atoms with Gasteiger partial charge in [-0.3, -0.25) is 0 Å². The minimum Gasteiger partial charge on any atom is -0.387 e. The summed E-state index contributed by atoms with van der Waals surface area (Å²) < 4.78 is 0. The second kappa shape index (κ2) is 4.14. The fourth-order valence-electron chi connectivity index (χ4n) is 1.58.